The van der Waals surface area contributed by atoms with Crippen LogP contribution in [0.15, 0.2) is 24.3 Å². The van der Waals surface area contributed by atoms with Gasteiger partial charge in [-0.3, -0.25) is 0 Å². The van der Waals surface area contributed by atoms with Gasteiger partial charge >= 0.3 is 0 Å². The predicted octanol–water partition coefficient (Wildman–Crippen LogP) is 2.01. The van der Waals surface area contributed by atoms with Gasteiger partial charge in [0.2, 0.25) is 0 Å². The molecule has 1 saturated heterocycles. The molecular weight excluding hydrogens is 186 g/mol. The van der Waals surface area contributed by atoms with E-state index in [4.69, 9.17) is 11.0 Å². The van der Waals surface area contributed by atoms with Crippen LogP contribution in [0.5, 0.6) is 0 Å². The fraction of sp³-hybridized carbons (Fsp3) is 0.417. The molecule has 1 aromatic rings. The molecule has 1 aromatic carbocycles. The molecule has 3 nitrogen and oxygen atoms in total. The van der Waals surface area contributed by atoms with E-state index in [0.717, 1.165) is 37.3 Å². The quantitative estimate of drug-likeness (QED) is 0.707. The maximum atomic E-state index is 8.81. The van der Waals surface area contributed by atoms with E-state index in [1.165, 1.54) is 0 Å². The highest BCUT2D eigenvalue weighted by molar-refractivity contribution is 5.67. The van der Waals surface area contributed by atoms with Gasteiger partial charge in [0.1, 0.15) is 0 Å². The lowest BCUT2D eigenvalue weighted by Crippen LogP contribution is -2.33. The van der Waals surface area contributed by atoms with E-state index < -0.39 is 0 Å². The minimum absolute atomic E-state index is 0.228. The summed E-state index contributed by atoms with van der Waals surface area (Å²) in [5.41, 5.74) is 7.84. The summed E-state index contributed by atoms with van der Waals surface area (Å²) >= 11 is 0. The molecule has 3 heteroatoms. The number of para-hydroxylation sites is 2. The number of nitriles is 1. The number of anilines is 2. The van der Waals surface area contributed by atoms with Gasteiger partial charge in [-0.05, 0) is 25.0 Å². The van der Waals surface area contributed by atoms with Crippen molar-refractivity contribution in [1.29, 1.82) is 5.26 Å². The first-order valence-corrected chi connectivity index (χ1v) is 5.30. The maximum Gasteiger partial charge on any atom is 0.0657 e. The molecular formula is C12H15N3. The highest BCUT2D eigenvalue weighted by atomic mass is 15.1. The molecule has 78 valence electrons. The van der Waals surface area contributed by atoms with Crippen LogP contribution in [0.1, 0.15) is 12.8 Å². The third-order valence-electron chi connectivity index (χ3n) is 2.95. The van der Waals surface area contributed by atoms with Crippen LogP contribution < -0.4 is 10.6 Å². The second-order valence-electron chi connectivity index (χ2n) is 3.95. The van der Waals surface area contributed by atoms with E-state index in [1.54, 1.807) is 0 Å². The number of piperidine rings is 1. The topological polar surface area (TPSA) is 53.0 Å². The predicted molar refractivity (Wildman–Crippen MR) is 61.4 cm³/mol. The zero-order valence-corrected chi connectivity index (χ0v) is 8.69. The molecule has 0 unspecified atom stereocenters. The summed E-state index contributed by atoms with van der Waals surface area (Å²) in [6.45, 7) is 1.87. The van der Waals surface area contributed by atoms with Gasteiger partial charge in [-0.25, -0.2) is 0 Å². The van der Waals surface area contributed by atoms with Gasteiger partial charge in [-0.1, -0.05) is 12.1 Å². The smallest absolute Gasteiger partial charge is 0.0657 e. The average Bonchev–Trinajstić information content (AvgIpc) is 2.30. The number of nitrogen functional groups attached to an aromatic ring is 1. The van der Waals surface area contributed by atoms with Crippen LogP contribution in [0, 0.1) is 17.2 Å². The van der Waals surface area contributed by atoms with Crippen molar-refractivity contribution >= 4 is 11.4 Å². The molecule has 1 heterocycles. The van der Waals surface area contributed by atoms with Gasteiger partial charge in [0.25, 0.3) is 0 Å². The average molecular weight is 201 g/mol. The van der Waals surface area contributed by atoms with Crippen LogP contribution in [0.4, 0.5) is 11.4 Å². The zero-order chi connectivity index (χ0) is 10.7. The molecule has 15 heavy (non-hydrogen) atoms. The van der Waals surface area contributed by atoms with Crippen molar-refractivity contribution < 1.29 is 0 Å². The Morgan fingerprint density at radius 1 is 1.27 bits per heavy atom. The SMILES string of the molecule is N#CC1CCN(c2ccccc2N)CC1. The number of hydrogen-bond donors (Lipinski definition) is 1. The van der Waals surface area contributed by atoms with Crippen LogP contribution in [-0.4, -0.2) is 13.1 Å². The number of nitrogens with zero attached hydrogens (tertiary/aromatic N) is 2. The number of nitrogens with two attached hydrogens (primary N) is 1. The van der Waals surface area contributed by atoms with Gasteiger partial charge < -0.3 is 10.6 Å². The molecule has 0 amide bonds. The normalized spacial score (nSPS) is 17.4. The van der Waals surface area contributed by atoms with Crippen molar-refractivity contribution in [2.75, 3.05) is 23.7 Å². The highest BCUT2D eigenvalue weighted by Gasteiger charge is 2.19. The fourth-order valence-corrected chi connectivity index (χ4v) is 2.03. The summed E-state index contributed by atoms with van der Waals surface area (Å²) in [5, 5.41) is 8.81. The first kappa shape index (κ1) is 9.85. The first-order chi connectivity index (χ1) is 7.31. The minimum atomic E-state index is 0.228. The molecule has 1 aliphatic rings. The van der Waals surface area contributed by atoms with Crippen LogP contribution in [0.2, 0.25) is 0 Å². The van der Waals surface area contributed by atoms with E-state index in [2.05, 4.69) is 11.0 Å². The van der Waals surface area contributed by atoms with Gasteiger partial charge in [0.05, 0.1) is 17.4 Å². The molecule has 0 aliphatic carbocycles. The first-order valence-electron chi connectivity index (χ1n) is 5.30. The monoisotopic (exact) mass is 201 g/mol. The van der Waals surface area contributed by atoms with Gasteiger partial charge in [-0.15, -0.1) is 0 Å². The minimum Gasteiger partial charge on any atom is -0.397 e. The van der Waals surface area contributed by atoms with E-state index in [9.17, 15) is 0 Å². The van der Waals surface area contributed by atoms with Crippen molar-refractivity contribution in [3.05, 3.63) is 24.3 Å². The second kappa shape index (κ2) is 4.22. The van der Waals surface area contributed by atoms with Crippen molar-refractivity contribution in [2.45, 2.75) is 12.8 Å². The number of hydrogen-bond acceptors (Lipinski definition) is 3. The summed E-state index contributed by atoms with van der Waals surface area (Å²) in [6, 6.07) is 10.2. The maximum absolute atomic E-state index is 8.81. The van der Waals surface area contributed by atoms with Crippen LogP contribution in [-0.2, 0) is 0 Å². The standard InChI is InChI=1S/C12H15N3/c13-9-10-5-7-15(8-6-10)12-4-2-1-3-11(12)14/h1-4,10H,5-8,14H2. The lowest BCUT2D eigenvalue weighted by atomic mass is 9.98. The van der Waals surface area contributed by atoms with Crippen molar-refractivity contribution in [2.24, 2.45) is 5.92 Å². The largest absolute Gasteiger partial charge is 0.397 e. The van der Waals surface area contributed by atoms with E-state index in [-0.39, 0.29) is 5.92 Å². The summed E-state index contributed by atoms with van der Waals surface area (Å²) < 4.78 is 0. The van der Waals surface area contributed by atoms with E-state index >= 15 is 0 Å². The molecule has 0 bridgehead atoms. The molecule has 2 rings (SSSR count). The molecule has 0 radical (unpaired) electrons. The Labute approximate surface area is 90.1 Å². The Balaban J connectivity index is 2.08. The third-order valence-corrected chi connectivity index (χ3v) is 2.95. The lowest BCUT2D eigenvalue weighted by Gasteiger charge is -2.31. The van der Waals surface area contributed by atoms with Gasteiger partial charge in [0, 0.05) is 19.0 Å². The Bertz CT molecular complexity index is 373. The highest BCUT2D eigenvalue weighted by Crippen LogP contribution is 2.27. The van der Waals surface area contributed by atoms with Crippen LogP contribution in [0.3, 0.4) is 0 Å². The molecule has 0 aromatic heterocycles. The fourth-order valence-electron chi connectivity index (χ4n) is 2.03. The number of rotatable bonds is 1. The van der Waals surface area contributed by atoms with Crippen molar-refractivity contribution in [3.63, 3.8) is 0 Å². The molecule has 1 fully saturated rings. The Kier molecular flexibility index (Phi) is 2.77. The van der Waals surface area contributed by atoms with E-state index in [0.29, 0.717) is 0 Å². The molecule has 2 N–H and O–H groups in total. The molecule has 1 aliphatic heterocycles. The zero-order valence-electron chi connectivity index (χ0n) is 8.69. The lowest BCUT2D eigenvalue weighted by molar-refractivity contribution is 0.488. The number of benzene rings is 1. The summed E-state index contributed by atoms with van der Waals surface area (Å²) in [7, 11) is 0. The second-order valence-corrected chi connectivity index (χ2v) is 3.95. The summed E-state index contributed by atoms with van der Waals surface area (Å²) in [6.07, 6.45) is 1.90. The van der Waals surface area contributed by atoms with Crippen molar-refractivity contribution in [1.82, 2.24) is 0 Å². The third kappa shape index (κ3) is 2.04. The van der Waals surface area contributed by atoms with Gasteiger partial charge in [-0.2, -0.15) is 5.26 Å². The van der Waals surface area contributed by atoms with Gasteiger partial charge in [0.15, 0.2) is 0 Å². The van der Waals surface area contributed by atoms with E-state index in [1.807, 2.05) is 24.3 Å². The molecule has 0 atom stereocenters. The summed E-state index contributed by atoms with van der Waals surface area (Å²) in [5.74, 6) is 0.228. The van der Waals surface area contributed by atoms with Crippen LogP contribution in [0.25, 0.3) is 0 Å². The van der Waals surface area contributed by atoms with Crippen LogP contribution >= 0.6 is 0 Å². The summed E-state index contributed by atoms with van der Waals surface area (Å²) in [4.78, 5) is 2.27. The Morgan fingerprint density at radius 3 is 2.53 bits per heavy atom. The molecule has 0 saturated carbocycles. The molecule has 0 spiro atoms. The Hall–Kier alpha value is -1.69. The van der Waals surface area contributed by atoms with Crippen molar-refractivity contribution in [3.8, 4) is 6.07 Å². The Morgan fingerprint density at radius 2 is 1.93 bits per heavy atom.